The second-order valence-corrected chi connectivity index (χ2v) is 4.05. The lowest BCUT2D eigenvalue weighted by atomic mass is 10.1. The number of methoxy groups -OCH3 is 1. The van der Waals surface area contributed by atoms with Gasteiger partial charge in [-0.15, -0.1) is 0 Å². The Morgan fingerprint density at radius 1 is 1.41 bits per heavy atom. The number of furan rings is 1. The van der Waals surface area contributed by atoms with Crippen molar-refractivity contribution >= 4 is 0 Å². The smallest absolute Gasteiger partial charge is 0.217 e. The van der Waals surface area contributed by atoms with Crippen LogP contribution in [0.2, 0.25) is 0 Å². The summed E-state index contributed by atoms with van der Waals surface area (Å²) in [6.45, 7) is 0.340. The van der Waals surface area contributed by atoms with Crippen LogP contribution in [0.5, 0.6) is 0 Å². The monoisotopic (exact) mass is 242 g/mol. The Bertz CT molecular complexity index is 362. The van der Waals surface area contributed by atoms with Crippen LogP contribution in [0, 0.1) is 0 Å². The van der Waals surface area contributed by atoms with Gasteiger partial charge in [-0.2, -0.15) is 0 Å². The predicted octanol–water partition coefficient (Wildman–Crippen LogP) is 0.426. The minimum Gasteiger partial charge on any atom is -0.464 e. The molecule has 6 heteroatoms. The fraction of sp³-hybridized carbons (Fsp3) is 0.636. The lowest BCUT2D eigenvalue weighted by Gasteiger charge is -2.31. The molecule has 2 aliphatic rings. The summed E-state index contributed by atoms with van der Waals surface area (Å²) in [5.74, 6) is 0.580. The average molecular weight is 242 g/mol. The standard InChI is InChI=1S/C11H14O6/c1-13-11-8(12)9-7(16-11)5-15-10(17-9)6-3-2-4-14-6/h2-4,7-12H,5H2,1H3. The van der Waals surface area contributed by atoms with E-state index in [2.05, 4.69) is 0 Å². The van der Waals surface area contributed by atoms with Crippen molar-refractivity contribution in [3.63, 3.8) is 0 Å². The van der Waals surface area contributed by atoms with E-state index < -0.39 is 24.8 Å². The number of aliphatic hydroxyl groups is 1. The number of aliphatic hydroxyl groups excluding tert-OH is 1. The molecule has 1 N–H and O–H groups in total. The van der Waals surface area contributed by atoms with Crippen LogP contribution in [0.15, 0.2) is 22.8 Å². The minimum atomic E-state index is -0.814. The molecule has 17 heavy (non-hydrogen) atoms. The van der Waals surface area contributed by atoms with Gasteiger partial charge in [-0.05, 0) is 12.1 Å². The first kappa shape index (κ1) is 11.2. The van der Waals surface area contributed by atoms with Crippen LogP contribution in [0.4, 0.5) is 0 Å². The maximum Gasteiger partial charge on any atom is 0.217 e. The molecule has 2 saturated heterocycles. The van der Waals surface area contributed by atoms with Gasteiger partial charge in [-0.25, -0.2) is 0 Å². The summed E-state index contributed by atoms with van der Waals surface area (Å²) in [6, 6.07) is 3.52. The average Bonchev–Trinajstić information content (AvgIpc) is 2.97. The predicted molar refractivity (Wildman–Crippen MR) is 54.0 cm³/mol. The summed E-state index contributed by atoms with van der Waals surface area (Å²) in [5.41, 5.74) is 0. The first-order valence-electron chi connectivity index (χ1n) is 5.46. The van der Waals surface area contributed by atoms with Crippen LogP contribution < -0.4 is 0 Å². The molecule has 0 aliphatic carbocycles. The Balaban J connectivity index is 1.73. The second-order valence-electron chi connectivity index (χ2n) is 4.05. The minimum absolute atomic E-state index is 0.304. The maximum atomic E-state index is 9.94. The van der Waals surface area contributed by atoms with Gasteiger partial charge >= 0.3 is 0 Å². The van der Waals surface area contributed by atoms with Crippen molar-refractivity contribution in [3.05, 3.63) is 24.2 Å². The van der Waals surface area contributed by atoms with E-state index in [1.54, 1.807) is 18.4 Å². The van der Waals surface area contributed by atoms with Crippen LogP contribution in [0.25, 0.3) is 0 Å². The van der Waals surface area contributed by atoms with Crippen molar-refractivity contribution in [1.29, 1.82) is 0 Å². The molecule has 0 saturated carbocycles. The fourth-order valence-corrected chi connectivity index (χ4v) is 2.14. The Labute approximate surface area is 98.0 Å². The molecule has 0 amide bonds. The molecule has 0 radical (unpaired) electrons. The maximum absolute atomic E-state index is 9.94. The molecule has 94 valence electrons. The van der Waals surface area contributed by atoms with Gasteiger partial charge in [0.1, 0.15) is 18.3 Å². The van der Waals surface area contributed by atoms with Gasteiger partial charge in [0.05, 0.1) is 12.9 Å². The quantitative estimate of drug-likeness (QED) is 0.810. The third kappa shape index (κ3) is 1.88. The van der Waals surface area contributed by atoms with Crippen molar-refractivity contribution in [2.75, 3.05) is 13.7 Å². The highest BCUT2D eigenvalue weighted by Crippen LogP contribution is 2.34. The van der Waals surface area contributed by atoms with Crippen molar-refractivity contribution in [3.8, 4) is 0 Å². The van der Waals surface area contributed by atoms with Crippen LogP contribution in [-0.2, 0) is 18.9 Å². The molecule has 5 unspecified atom stereocenters. The number of rotatable bonds is 2. The van der Waals surface area contributed by atoms with Gasteiger partial charge in [0, 0.05) is 7.11 Å². The Kier molecular flexibility index (Phi) is 2.89. The van der Waals surface area contributed by atoms with Gasteiger partial charge in [0.25, 0.3) is 0 Å². The van der Waals surface area contributed by atoms with Crippen LogP contribution in [-0.4, -0.2) is 43.4 Å². The Morgan fingerprint density at radius 2 is 2.29 bits per heavy atom. The van der Waals surface area contributed by atoms with E-state index in [-0.39, 0.29) is 6.10 Å². The molecule has 6 nitrogen and oxygen atoms in total. The summed E-state index contributed by atoms with van der Waals surface area (Å²) in [5, 5.41) is 9.94. The van der Waals surface area contributed by atoms with Crippen molar-refractivity contribution in [1.82, 2.24) is 0 Å². The van der Waals surface area contributed by atoms with Crippen molar-refractivity contribution in [2.45, 2.75) is 30.9 Å². The fourth-order valence-electron chi connectivity index (χ4n) is 2.14. The van der Waals surface area contributed by atoms with Crippen LogP contribution >= 0.6 is 0 Å². The molecule has 2 aliphatic heterocycles. The third-order valence-corrected chi connectivity index (χ3v) is 2.99. The summed E-state index contributed by atoms with van der Waals surface area (Å²) in [4.78, 5) is 0. The first-order chi connectivity index (χ1) is 8.29. The van der Waals surface area contributed by atoms with E-state index in [9.17, 15) is 5.11 Å². The zero-order valence-electron chi connectivity index (χ0n) is 9.31. The third-order valence-electron chi connectivity index (χ3n) is 2.99. The first-order valence-corrected chi connectivity index (χ1v) is 5.46. The molecule has 1 aromatic rings. The van der Waals surface area contributed by atoms with E-state index in [0.717, 1.165) is 0 Å². The van der Waals surface area contributed by atoms with E-state index in [0.29, 0.717) is 12.4 Å². The molecule has 3 heterocycles. The van der Waals surface area contributed by atoms with Gasteiger partial charge in [-0.3, -0.25) is 0 Å². The highest BCUT2D eigenvalue weighted by molar-refractivity contribution is 5.02. The lowest BCUT2D eigenvalue weighted by molar-refractivity contribution is -0.259. The van der Waals surface area contributed by atoms with Gasteiger partial charge in [-0.1, -0.05) is 0 Å². The van der Waals surface area contributed by atoms with Gasteiger partial charge < -0.3 is 28.5 Å². The molecule has 2 fully saturated rings. The number of fused-ring (bicyclic) bond motifs is 1. The largest absolute Gasteiger partial charge is 0.464 e. The van der Waals surface area contributed by atoms with E-state index in [4.69, 9.17) is 23.4 Å². The lowest BCUT2D eigenvalue weighted by Crippen LogP contribution is -2.42. The van der Waals surface area contributed by atoms with Crippen LogP contribution in [0.1, 0.15) is 12.1 Å². The summed E-state index contributed by atoms with van der Waals surface area (Å²) >= 11 is 0. The molecule has 0 spiro atoms. The van der Waals surface area contributed by atoms with E-state index >= 15 is 0 Å². The Hall–Kier alpha value is -0.920. The summed E-state index contributed by atoms with van der Waals surface area (Å²) in [6.07, 6.45) is -1.28. The molecule has 0 bridgehead atoms. The molecule has 0 aromatic carbocycles. The molecule has 3 rings (SSSR count). The SMILES string of the molecule is COC1OC2COC(c3ccco3)OC2C1O. The molecular formula is C11H14O6. The molecule has 1 aromatic heterocycles. The van der Waals surface area contributed by atoms with E-state index in [1.165, 1.54) is 7.11 Å². The van der Waals surface area contributed by atoms with Crippen molar-refractivity contribution in [2.24, 2.45) is 0 Å². The number of hydrogen-bond acceptors (Lipinski definition) is 6. The molecule has 5 atom stereocenters. The highest BCUT2D eigenvalue weighted by atomic mass is 16.8. The Morgan fingerprint density at radius 3 is 3.00 bits per heavy atom. The van der Waals surface area contributed by atoms with E-state index in [1.807, 2.05) is 0 Å². The number of hydrogen-bond donors (Lipinski definition) is 1. The van der Waals surface area contributed by atoms with Crippen LogP contribution in [0.3, 0.4) is 0 Å². The highest BCUT2D eigenvalue weighted by Gasteiger charge is 2.49. The normalized spacial score (nSPS) is 41.4. The zero-order chi connectivity index (χ0) is 11.8. The second kappa shape index (κ2) is 4.40. The van der Waals surface area contributed by atoms with Gasteiger partial charge in [0.15, 0.2) is 12.1 Å². The number of ether oxygens (including phenoxy) is 4. The molecular weight excluding hydrogens is 228 g/mol. The van der Waals surface area contributed by atoms with Gasteiger partial charge in [0.2, 0.25) is 6.29 Å². The summed E-state index contributed by atoms with van der Waals surface area (Å²) in [7, 11) is 1.48. The van der Waals surface area contributed by atoms with Crippen molar-refractivity contribution < 1.29 is 28.5 Å². The summed E-state index contributed by atoms with van der Waals surface area (Å²) < 4.78 is 26.8. The zero-order valence-corrected chi connectivity index (χ0v) is 9.31. The topological polar surface area (TPSA) is 70.3 Å².